The van der Waals surface area contributed by atoms with Crippen molar-refractivity contribution >= 4 is 23.5 Å². The third kappa shape index (κ3) is 4.84. The first-order valence-corrected chi connectivity index (χ1v) is 7.84. The molecule has 0 unspecified atom stereocenters. The second kappa shape index (κ2) is 8.17. The Hall–Kier alpha value is -1.79. The summed E-state index contributed by atoms with van der Waals surface area (Å²) in [6.45, 7) is 0.732. The number of carboxylic acid groups (broad SMARTS) is 1. The fraction of sp³-hybridized carbons (Fsp3) is 0.500. The number of carboxylic acids is 1. The van der Waals surface area contributed by atoms with E-state index in [4.69, 9.17) is 26.2 Å². The van der Waals surface area contributed by atoms with E-state index in [1.165, 1.54) is 0 Å². The number of halogens is 1. The van der Waals surface area contributed by atoms with Gasteiger partial charge in [0.05, 0.1) is 18.1 Å². The second-order valence-corrected chi connectivity index (χ2v) is 5.94. The van der Waals surface area contributed by atoms with Crippen molar-refractivity contribution < 1.29 is 24.2 Å². The van der Waals surface area contributed by atoms with E-state index in [0.717, 1.165) is 0 Å². The molecule has 1 aromatic rings. The van der Waals surface area contributed by atoms with E-state index in [-0.39, 0.29) is 11.9 Å². The first kappa shape index (κ1) is 17.6. The number of benzene rings is 1. The summed E-state index contributed by atoms with van der Waals surface area (Å²) in [6.07, 6.45) is 1.68. The number of carbonyl (C=O) groups excluding carboxylic acids is 1. The number of nitrogens with one attached hydrogen (secondary N) is 1. The highest BCUT2D eigenvalue weighted by Crippen LogP contribution is 2.27. The number of carbonyl (C=O) groups is 2. The topological polar surface area (TPSA) is 84.9 Å². The molecule has 0 aliphatic heterocycles. The van der Waals surface area contributed by atoms with Crippen LogP contribution in [0.3, 0.4) is 0 Å². The molecule has 126 valence electrons. The van der Waals surface area contributed by atoms with Crippen LogP contribution in [0.25, 0.3) is 0 Å². The first-order valence-electron chi connectivity index (χ1n) is 7.46. The molecule has 1 fully saturated rings. The van der Waals surface area contributed by atoms with Crippen molar-refractivity contribution in [3.8, 4) is 5.75 Å². The Morgan fingerprint density at radius 1 is 1.35 bits per heavy atom. The van der Waals surface area contributed by atoms with Crippen LogP contribution in [0, 0.1) is 5.92 Å². The van der Waals surface area contributed by atoms with Crippen LogP contribution in [0.1, 0.15) is 29.6 Å². The minimum absolute atomic E-state index is 0.144. The first-order chi connectivity index (χ1) is 11.0. The van der Waals surface area contributed by atoms with Gasteiger partial charge >= 0.3 is 5.97 Å². The van der Waals surface area contributed by atoms with Gasteiger partial charge < -0.3 is 19.9 Å². The van der Waals surface area contributed by atoms with Crippen LogP contribution < -0.4 is 10.1 Å². The predicted molar refractivity (Wildman–Crippen MR) is 85.1 cm³/mol. The lowest BCUT2D eigenvalue weighted by Gasteiger charge is -2.15. The molecular weight excluding hydrogens is 322 g/mol. The summed E-state index contributed by atoms with van der Waals surface area (Å²) in [5, 5.41) is 12.3. The van der Waals surface area contributed by atoms with Crippen LogP contribution in [0.5, 0.6) is 5.75 Å². The number of ether oxygens (including phenoxy) is 2. The van der Waals surface area contributed by atoms with Gasteiger partial charge in [-0.25, -0.2) is 0 Å². The highest BCUT2D eigenvalue weighted by Gasteiger charge is 2.31. The Balaban J connectivity index is 2.03. The highest BCUT2D eigenvalue weighted by molar-refractivity contribution is 6.31. The van der Waals surface area contributed by atoms with Gasteiger partial charge in [-0.3, -0.25) is 9.59 Å². The maximum atomic E-state index is 12.5. The van der Waals surface area contributed by atoms with E-state index < -0.39 is 11.9 Å². The van der Waals surface area contributed by atoms with E-state index in [1.54, 1.807) is 25.3 Å². The number of rotatable bonds is 7. The van der Waals surface area contributed by atoms with Gasteiger partial charge in [0.25, 0.3) is 5.91 Å². The van der Waals surface area contributed by atoms with Crippen LogP contribution in [0.4, 0.5) is 0 Å². The molecular formula is C16H20ClNO5. The smallest absolute Gasteiger partial charge is 0.306 e. The average molecular weight is 342 g/mol. The summed E-state index contributed by atoms with van der Waals surface area (Å²) in [5.41, 5.74) is 0.340. The Morgan fingerprint density at radius 3 is 2.78 bits per heavy atom. The molecule has 0 radical (unpaired) electrons. The van der Waals surface area contributed by atoms with Crippen molar-refractivity contribution in [2.45, 2.75) is 25.3 Å². The number of methoxy groups -OCH3 is 1. The van der Waals surface area contributed by atoms with Gasteiger partial charge in [0.1, 0.15) is 12.4 Å². The Bertz CT molecular complexity index is 578. The Labute approximate surface area is 139 Å². The lowest BCUT2D eigenvalue weighted by atomic mass is 10.1. The van der Waals surface area contributed by atoms with Crippen molar-refractivity contribution in [1.29, 1.82) is 0 Å². The molecule has 0 bridgehead atoms. The summed E-state index contributed by atoms with van der Waals surface area (Å²) in [5.74, 6) is -1.09. The van der Waals surface area contributed by atoms with Gasteiger partial charge in [0.2, 0.25) is 0 Å². The van der Waals surface area contributed by atoms with Gasteiger partial charge in [-0.1, -0.05) is 11.6 Å². The summed E-state index contributed by atoms with van der Waals surface area (Å²) in [6, 6.07) is 4.69. The van der Waals surface area contributed by atoms with Crippen LogP contribution in [0.15, 0.2) is 18.2 Å². The molecule has 0 saturated heterocycles. The van der Waals surface area contributed by atoms with Crippen molar-refractivity contribution in [3.05, 3.63) is 28.8 Å². The van der Waals surface area contributed by atoms with E-state index in [2.05, 4.69) is 5.32 Å². The molecule has 1 amide bonds. The number of aliphatic carboxylic acids is 1. The normalized spacial score (nSPS) is 20.3. The lowest BCUT2D eigenvalue weighted by molar-refractivity contribution is -0.141. The third-order valence-electron chi connectivity index (χ3n) is 3.85. The van der Waals surface area contributed by atoms with Crippen LogP contribution in [0.2, 0.25) is 5.02 Å². The maximum Gasteiger partial charge on any atom is 0.306 e. The number of amides is 1. The van der Waals surface area contributed by atoms with E-state index in [1.807, 2.05) is 0 Å². The summed E-state index contributed by atoms with van der Waals surface area (Å²) >= 11 is 5.97. The van der Waals surface area contributed by atoms with Gasteiger partial charge in [0, 0.05) is 18.2 Å². The van der Waals surface area contributed by atoms with Gasteiger partial charge in [0.15, 0.2) is 0 Å². The summed E-state index contributed by atoms with van der Waals surface area (Å²) < 4.78 is 10.5. The third-order valence-corrected chi connectivity index (χ3v) is 4.08. The molecule has 1 aromatic carbocycles. The Morgan fingerprint density at radius 2 is 2.13 bits per heavy atom. The summed E-state index contributed by atoms with van der Waals surface area (Å²) in [7, 11) is 1.57. The quantitative estimate of drug-likeness (QED) is 0.744. The molecule has 23 heavy (non-hydrogen) atoms. The molecule has 0 spiro atoms. The minimum Gasteiger partial charge on any atom is -0.490 e. The fourth-order valence-electron chi connectivity index (χ4n) is 2.64. The highest BCUT2D eigenvalue weighted by atomic mass is 35.5. The standard InChI is InChI=1S/C16H20ClNO5/c1-22-6-7-23-14-5-3-11(17)9-13(14)15(19)18-12-4-2-10(8-12)16(20)21/h3,5,9-10,12H,2,4,6-8H2,1H3,(H,18,19)(H,20,21)/t10-,12+/m0/s1. The lowest BCUT2D eigenvalue weighted by Crippen LogP contribution is -2.33. The number of hydrogen-bond donors (Lipinski definition) is 2. The van der Waals surface area contributed by atoms with Gasteiger partial charge in [-0.05, 0) is 37.5 Å². The van der Waals surface area contributed by atoms with Gasteiger partial charge in [-0.15, -0.1) is 0 Å². The largest absolute Gasteiger partial charge is 0.490 e. The van der Waals surface area contributed by atoms with E-state index in [9.17, 15) is 9.59 Å². The number of hydrogen-bond acceptors (Lipinski definition) is 4. The average Bonchev–Trinajstić information content (AvgIpc) is 2.97. The van der Waals surface area contributed by atoms with Crippen molar-refractivity contribution in [1.82, 2.24) is 5.32 Å². The molecule has 0 aromatic heterocycles. The maximum absolute atomic E-state index is 12.5. The second-order valence-electron chi connectivity index (χ2n) is 5.50. The summed E-state index contributed by atoms with van der Waals surface area (Å²) in [4.78, 5) is 23.4. The zero-order valence-electron chi connectivity index (χ0n) is 12.9. The molecule has 0 heterocycles. The Kier molecular flexibility index (Phi) is 6.24. The minimum atomic E-state index is -0.812. The predicted octanol–water partition coefficient (Wildman–Crippen LogP) is 2.35. The molecule has 6 nitrogen and oxygen atoms in total. The molecule has 2 atom stereocenters. The molecule has 1 aliphatic carbocycles. The SMILES string of the molecule is COCCOc1ccc(Cl)cc1C(=O)N[C@@H]1CC[C@H](C(=O)O)C1. The van der Waals surface area contributed by atoms with E-state index >= 15 is 0 Å². The van der Waals surface area contributed by atoms with Crippen molar-refractivity contribution in [3.63, 3.8) is 0 Å². The van der Waals surface area contributed by atoms with Gasteiger partial charge in [-0.2, -0.15) is 0 Å². The van der Waals surface area contributed by atoms with Crippen LogP contribution in [-0.2, 0) is 9.53 Å². The van der Waals surface area contributed by atoms with Crippen molar-refractivity contribution in [2.24, 2.45) is 5.92 Å². The molecule has 2 N–H and O–H groups in total. The molecule has 7 heteroatoms. The molecule has 1 saturated carbocycles. The van der Waals surface area contributed by atoms with E-state index in [0.29, 0.717) is 48.8 Å². The van der Waals surface area contributed by atoms with Crippen molar-refractivity contribution in [2.75, 3.05) is 20.3 Å². The van der Waals surface area contributed by atoms with Crippen LogP contribution in [-0.4, -0.2) is 43.3 Å². The fourth-order valence-corrected chi connectivity index (χ4v) is 2.81. The zero-order chi connectivity index (χ0) is 16.8. The zero-order valence-corrected chi connectivity index (χ0v) is 13.6. The monoisotopic (exact) mass is 341 g/mol. The molecule has 2 rings (SSSR count). The van der Waals surface area contributed by atoms with Crippen LogP contribution >= 0.6 is 11.6 Å². The molecule has 1 aliphatic rings.